The topological polar surface area (TPSA) is 64.1 Å². The fourth-order valence-corrected chi connectivity index (χ4v) is 3.76. The van der Waals surface area contributed by atoms with E-state index in [9.17, 15) is 14.7 Å². The highest BCUT2D eigenvalue weighted by Gasteiger charge is 2.33. The zero-order chi connectivity index (χ0) is 17.6. The van der Waals surface area contributed by atoms with Gasteiger partial charge in [-0.2, -0.15) is 0 Å². The molecule has 1 saturated heterocycles. The van der Waals surface area contributed by atoms with Crippen molar-refractivity contribution >= 4 is 28.3 Å². The standard InChI is InChI=1S/C19H21N3O3/c1-20-7-9-21(10-8-20)16-6-5-15-17-13(16)3-2-4-14(17)18(24)22(11-12-23)19(15)25/h2-6,23H,7-12H2,1H3. The van der Waals surface area contributed by atoms with Crippen LogP contribution in [0.2, 0.25) is 0 Å². The minimum absolute atomic E-state index is 0.0215. The van der Waals surface area contributed by atoms with Gasteiger partial charge in [-0.25, -0.2) is 0 Å². The lowest BCUT2D eigenvalue weighted by molar-refractivity contribution is 0.0580. The Kier molecular flexibility index (Phi) is 3.94. The molecule has 0 saturated carbocycles. The SMILES string of the molecule is CN1CCN(c2ccc3c4c(cccc24)C(=O)N(CCO)C3=O)CC1. The summed E-state index contributed by atoms with van der Waals surface area (Å²) in [5, 5.41) is 10.9. The largest absolute Gasteiger partial charge is 0.395 e. The monoisotopic (exact) mass is 339 g/mol. The predicted octanol–water partition coefficient (Wildman–Crippen LogP) is 1.18. The molecular weight excluding hydrogens is 318 g/mol. The van der Waals surface area contributed by atoms with Gasteiger partial charge >= 0.3 is 0 Å². The molecule has 0 atom stereocenters. The molecule has 0 aliphatic carbocycles. The van der Waals surface area contributed by atoms with E-state index < -0.39 is 0 Å². The van der Waals surface area contributed by atoms with Crippen molar-refractivity contribution < 1.29 is 14.7 Å². The van der Waals surface area contributed by atoms with Crippen molar-refractivity contribution in [2.24, 2.45) is 0 Å². The van der Waals surface area contributed by atoms with E-state index in [-0.39, 0.29) is 25.0 Å². The van der Waals surface area contributed by atoms with Gasteiger partial charge in [0, 0.05) is 53.8 Å². The Bertz CT molecular complexity index is 834. The first-order valence-electron chi connectivity index (χ1n) is 8.58. The molecule has 2 aromatic rings. The summed E-state index contributed by atoms with van der Waals surface area (Å²) in [6.07, 6.45) is 0. The summed E-state index contributed by atoms with van der Waals surface area (Å²) in [6, 6.07) is 9.42. The zero-order valence-corrected chi connectivity index (χ0v) is 14.2. The number of anilines is 1. The third-order valence-corrected chi connectivity index (χ3v) is 5.14. The van der Waals surface area contributed by atoms with E-state index in [0.717, 1.165) is 47.5 Å². The highest BCUT2D eigenvalue weighted by molar-refractivity contribution is 6.26. The van der Waals surface area contributed by atoms with Gasteiger partial charge in [0.25, 0.3) is 11.8 Å². The van der Waals surface area contributed by atoms with Crippen molar-refractivity contribution in [1.82, 2.24) is 9.80 Å². The highest BCUT2D eigenvalue weighted by atomic mass is 16.3. The van der Waals surface area contributed by atoms with Crippen molar-refractivity contribution in [3.8, 4) is 0 Å². The smallest absolute Gasteiger partial charge is 0.261 e. The van der Waals surface area contributed by atoms with Crippen LogP contribution in [0.5, 0.6) is 0 Å². The Morgan fingerprint density at radius 2 is 1.64 bits per heavy atom. The lowest BCUT2D eigenvalue weighted by atomic mass is 9.92. The van der Waals surface area contributed by atoms with Crippen LogP contribution >= 0.6 is 0 Å². The molecular formula is C19H21N3O3. The number of β-amino-alcohol motifs (C(OH)–C–C–N with tert-alkyl or cyclic N) is 1. The molecule has 1 fully saturated rings. The molecule has 1 N–H and O–H groups in total. The van der Waals surface area contributed by atoms with Crippen molar-refractivity contribution in [2.75, 3.05) is 51.3 Å². The van der Waals surface area contributed by atoms with Gasteiger partial charge in [-0.15, -0.1) is 0 Å². The van der Waals surface area contributed by atoms with Gasteiger partial charge < -0.3 is 14.9 Å². The molecule has 4 rings (SSSR count). The molecule has 2 aliphatic rings. The number of rotatable bonds is 3. The normalized spacial score (nSPS) is 18.3. The number of carbonyl (C=O) groups excluding carboxylic acids is 2. The molecule has 2 amide bonds. The molecule has 0 bridgehead atoms. The van der Waals surface area contributed by atoms with E-state index in [1.807, 2.05) is 24.3 Å². The van der Waals surface area contributed by atoms with Crippen molar-refractivity contribution in [2.45, 2.75) is 0 Å². The Labute approximate surface area is 146 Å². The molecule has 0 radical (unpaired) electrons. The molecule has 25 heavy (non-hydrogen) atoms. The lowest BCUT2D eigenvalue weighted by Gasteiger charge is -2.35. The first-order valence-corrected chi connectivity index (χ1v) is 8.58. The van der Waals surface area contributed by atoms with Crippen LogP contribution in [0, 0.1) is 0 Å². The lowest BCUT2D eigenvalue weighted by Crippen LogP contribution is -2.45. The van der Waals surface area contributed by atoms with Gasteiger partial charge in [0.2, 0.25) is 0 Å². The second-order valence-corrected chi connectivity index (χ2v) is 6.64. The van der Waals surface area contributed by atoms with Crippen molar-refractivity contribution in [3.05, 3.63) is 41.5 Å². The minimum atomic E-state index is -0.326. The maximum Gasteiger partial charge on any atom is 0.261 e. The minimum Gasteiger partial charge on any atom is -0.395 e. The number of piperazine rings is 1. The van der Waals surface area contributed by atoms with Gasteiger partial charge in [0.05, 0.1) is 13.2 Å². The van der Waals surface area contributed by atoms with Crippen LogP contribution in [0.15, 0.2) is 30.3 Å². The quantitative estimate of drug-likeness (QED) is 0.851. The van der Waals surface area contributed by atoms with Crippen LogP contribution in [-0.4, -0.2) is 73.1 Å². The van der Waals surface area contributed by atoms with Gasteiger partial charge in [0.15, 0.2) is 0 Å². The van der Waals surface area contributed by atoms with E-state index in [4.69, 9.17) is 0 Å². The number of aliphatic hydroxyl groups excluding tert-OH is 1. The summed E-state index contributed by atoms with van der Waals surface area (Å²) >= 11 is 0. The van der Waals surface area contributed by atoms with Crippen LogP contribution in [0.3, 0.4) is 0 Å². The summed E-state index contributed by atoms with van der Waals surface area (Å²) in [5.74, 6) is -0.652. The van der Waals surface area contributed by atoms with Gasteiger partial charge in [0.1, 0.15) is 0 Å². The Morgan fingerprint density at radius 1 is 0.960 bits per heavy atom. The number of amides is 2. The van der Waals surface area contributed by atoms with E-state index in [1.165, 1.54) is 0 Å². The average molecular weight is 339 g/mol. The Hall–Kier alpha value is -2.44. The number of carbonyl (C=O) groups is 2. The highest BCUT2D eigenvalue weighted by Crippen LogP contribution is 2.36. The van der Waals surface area contributed by atoms with Crippen LogP contribution in [-0.2, 0) is 0 Å². The second kappa shape index (κ2) is 6.13. The molecule has 0 aromatic heterocycles. The number of hydrogen-bond donors (Lipinski definition) is 1. The van der Waals surface area contributed by atoms with E-state index in [0.29, 0.717) is 11.1 Å². The maximum absolute atomic E-state index is 12.7. The summed E-state index contributed by atoms with van der Waals surface area (Å²) < 4.78 is 0. The Balaban J connectivity index is 1.86. The molecule has 2 heterocycles. The van der Waals surface area contributed by atoms with Crippen LogP contribution in [0.25, 0.3) is 10.8 Å². The summed E-state index contributed by atoms with van der Waals surface area (Å²) in [7, 11) is 2.11. The second-order valence-electron chi connectivity index (χ2n) is 6.64. The summed E-state index contributed by atoms with van der Waals surface area (Å²) in [4.78, 5) is 31.2. The number of nitrogens with zero attached hydrogens (tertiary/aromatic N) is 3. The number of aliphatic hydroxyl groups is 1. The fraction of sp³-hybridized carbons (Fsp3) is 0.368. The summed E-state index contributed by atoms with van der Waals surface area (Å²) in [5.41, 5.74) is 2.15. The number of likely N-dealkylation sites (N-methyl/N-ethyl adjacent to an activating group) is 1. The van der Waals surface area contributed by atoms with E-state index in [1.54, 1.807) is 6.07 Å². The summed E-state index contributed by atoms with van der Waals surface area (Å²) in [6.45, 7) is 3.62. The van der Waals surface area contributed by atoms with Crippen LogP contribution in [0.4, 0.5) is 5.69 Å². The fourth-order valence-electron chi connectivity index (χ4n) is 3.76. The maximum atomic E-state index is 12.7. The Morgan fingerprint density at radius 3 is 2.32 bits per heavy atom. The van der Waals surface area contributed by atoms with Gasteiger partial charge in [-0.05, 0) is 25.2 Å². The van der Waals surface area contributed by atoms with E-state index in [2.05, 4.69) is 16.8 Å². The molecule has 2 aromatic carbocycles. The van der Waals surface area contributed by atoms with Crippen molar-refractivity contribution in [3.63, 3.8) is 0 Å². The molecule has 130 valence electrons. The van der Waals surface area contributed by atoms with E-state index >= 15 is 0 Å². The van der Waals surface area contributed by atoms with Crippen molar-refractivity contribution in [1.29, 1.82) is 0 Å². The molecule has 0 unspecified atom stereocenters. The molecule has 2 aliphatic heterocycles. The third-order valence-electron chi connectivity index (χ3n) is 5.14. The van der Waals surface area contributed by atoms with Crippen LogP contribution in [0.1, 0.15) is 20.7 Å². The zero-order valence-electron chi connectivity index (χ0n) is 14.2. The number of hydrogen-bond acceptors (Lipinski definition) is 5. The molecule has 6 nitrogen and oxygen atoms in total. The van der Waals surface area contributed by atoms with Gasteiger partial charge in [-0.1, -0.05) is 12.1 Å². The van der Waals surface area contributed by atoms with Gasteiger partial charge in [-0.3, -0.25) is 14.5 Å². The average Bonchev–Trinajstić information content (AvgIpc) is 2.63. The first-order chi connectivity index (χ1) is 12.1. The third kappa shape index (κ3) is 2.49. The van der Waals surface area contributed by atoms with Crippen LogP contribution < -0.4 is 4.90 Å². The number of benzene rings is 2. The number of imide groups is 1. The first kappa shape index (κ1) is 16.1. The molecule has 0 spiro atoms. The molecule has 6 heteroatoms. The predicted molar refractivity (Wildman–Crippen MR) is 96.1 cm³/mol.